The van der Waals surface area contributed by atoms with E-state index in [1.165, 1.54) is 6.07 Å². The molecule has 3 rings (SSSR count). The van der Waals surface area contributed by atoms with Gasteiger partial charge in [-0.2, -0.15) is 0 Å². The van der Waals surface area contributed by atoms with Gasteiger partial charge in [-0.15, -0.1) is 0 Å². The van der Waals surface area contributed by atoms with Crippen LogP contribution < -0.4 is 5.32 Å². The number of hydrogen-bond acceptors (Lipinski definition) is 3. The highest BCUT2D eigenvalue weighted by atomic mass is 19.1. The van der Waals surface area contributed by atoms with E-state index in [4.69, 9.17) is 0 Å². The van der Waals surface area contributed by atoms with Gasteiger partial charge in [0.2, 0.25) is 5.91 Å². The number of nitrogens with zero attached hydrogens (tertiary/aromatic N) is 1. The number of halogens is 2. The summed E-state index contributed by atoms with van der Waals surface area (Å²) in [6.07, 6.45) is -0.103. The van der Waals surface area contributed by atoms with Gasteiger partial charge in [0.15, 0.2) is 0 Å². The van der Waals surface area contributed by atoms with Gasteiger partial charge in [0.1, 0.15) is 11.6 Å². The number of carbonyl (C=O) groups excluding carboxylic acids is 3. The first-order valence-electron chi connectivity index (χ1n) is 7.63. The number of imide groups is 1. The van der Waals surface area contributed by atoms with Crippen molar-refractivity contribution >= 4 is 17.7 Å². The summed E-state index contributed by atoms with van der Waals surface area (Å²) in [6, 6.07) is 9.54. The Hall–Kier alpha value is -3.09. The van der Waals surface area contributed by atoms with Crippen molar-refractivity contribution in [3.8, 4) is 0 Å². The van der Waals surface area contributed by atoms with Crippen LogP contribution >= 0.6 is 0 Å². The van der Waals surface area contributed by atoms with Gasteiger partial charge in [-0.05, 0) is 18.2 Å². The monoisotopic (exact) mass is 344 g/mol. The first-order chi connectivity index (χ1) is 12.0. The van der Waals surface area contributed by atoms with E-state index in [0.717, 1.165) is 17.0 Å². The van der Waals surface area contributed by atoms with Crippen molar-refractivity contribution < 1.29 is 23.2 Å². The molecule has 7 heteroatoms. The van der Waals surface area contributed by atoms with Crippen molar-refractivity contribution in [1.29, 1.82) is 0 Å². The molecule has 0 bridgehead atoms. The second-order valence-corrected chi connectivity index (χ2v) is 5.57. The van der Waals surface area contributed by atoms with E-state index in [1.54, 1.807) is 24.3 Å². The van der Waals surface area contributed by atoms with Gasteiger partial charge < -0.3 is 5.32 Å². The third-order valence-electron chi connectivity index (χ3n) is 3.93. The molecule has 0 aliphatic carbocycles. The molecule has 3 amide bonds. The maximum atomic E-state index is 13.5. The SMILES string of the molecule is O=C(CCN1C(=O)c2ccccc2C1=O)NCc1ccc(F)cc1F. The molecule has 1 heterocycles. The van der Waals surface area contributed by atoms with Crippen molar-refractivity contribution in [1.82, 2.24) is 10.2 Å². The van der Waals surface area contributed by atoms with Crippen molar-refractivity contribution in [3.63, 3.8) is 0 Å². The Balaban J connectivity index is 1.55. The number of fused-ring (bicyclic) bond motifs is 1. The topological polar surface area (TPSA) is 66.5 Å². The average molecular weight is 344 g/mol. The smallest absolute Gasteiger partial charge is 0.261 e. The number of benzene rings is 2. The molecule has 25 heavy (non-hydrogen) atoms. The minimum Gasteiger partial charge on any atom is -0.352 e. The fourth-order valence-electron chi connectivity index (χ4n) is 2.60. The van der Waals surface area contributed by atoms with E-state index < -0.39 is 29.4 Å². The molecule has 1 aliphatic heterocycles. The molecule has 0 aromatic heterocycles. The first kappa shape index (κ1) is 16.8. The lowest BCUT2D eigenvalue weighted by Crippen LogP contribution is -2.34. The van der Waals surface area contributed by atoms with Crippen LogP contribution in [0.15, 0.2) is 42.5 Å². The van der Waals surface area contributed by atoms with Gasteiger partial charge in [0, 0.05) is 31.1 Å². The molecular formula is C18H14F2N2O3. The summed E-state index contributed by atoms with van der Waals surface area (Å²) in [5, 5.41) is 2.48. The second-order valence-electron chi connectivity index (χ2n) is 5.57. The molecule has 1 aliphatic rings. The molecule has 128 valence electrons. The molecular weight excluding hydrogens is 330 g/mol. The predicted molar refractivity (Wildman–Crippen MR) is 84.6 cm³/mol. The van der Waals surface area contributed by atoms with E-state index in [2.05, 4.69) is 5.32 Å². The molecule has 2 aromatic rings. The Morgan fingerprint density at radius 3 is 2.24 bits per heavy atom. The minimum atomic E-state index is -0.749. The largest absolute Gasteiger partial charge is 0.352 e. The molecule has 0 radical (unpaired) electrons. The second kappa shape index (κ2) is 6.80. The zero-order valence-electron chi connectivity index (χ0n) is 13.1. The Labute approximate surface area is 142 Å². The van der Waals surface area contributed by atoms with Crippen LogP contribution in [0.1, 0.15) is 32.7 Å². The van der Waals surface area contributed by atoms with Gasteiger partial charge >= 0.3 is 0 Å². The van der Waals surface area contributed by atoms with Crippen LogP contribution in [-0.4, -0.2) is 29.2 Å². The normalized spacial score (nSPS) is 13.1. The molecule has 0 unspecified atom stereocenters. The van der Waals surface area contributed by atoms with Crippen molar-refractivity contribution in [2.75, 3.05) is 6.54 Å². The highest BCUT2D eigenvalue weighted by Gasteiger charge is 2.34. The fraction of sp³-hybridized carbons (Fsp3) is 0.167. The minimum absolute atomic E-state index is 0.0654. The van der Waals surface area contributed by atoms with E-state index in [0.29, 0.717) is 11.1 Å². The van der Waals surface area contributed by atoms with Gasteiger partial charge in [0.25, 0.3) is 11.8 Å². The van der Waals surface area contributed by atoms with Crippen LogP contribution in [0.5, 0.6) is 0 Å². The van der Waals surface area contributed by atoms with Gasteiger partial charge in [-0.1, -0.05) is 18.2 Å². The molecule has 0 spiro atoms. The van der Waals surface area contributed by atoms with E-state index in [9.17, 15) is 23.2 Å². The average Bonchev–Trinajstić information content (AvgIpc) is 2.84. The molecule has 1 N–H and O–H groups in total. The van der Waals surface area contributed by atoms with Gasteiger partial charge in [-0.3, -0.25) is 19.3 Å². The molecule has 0 saturated carbocycles. The molecule has 5 nitrogen and oxygen atoms in total. The van der Waals surface area contributed by atoms with E-state index in [1.807, 2.05) is 0 Å². The summed E-state index contributed by atoms with van der Waals surface area (Å²) < 4.78 is 26.3. The Morgan fingerprint density at radius 1 is 1.00 bits per heavy atom. The maximum Gasteiger partial charge on any atom is 0.261 e. The van der Waals surface area contributed by atoms with Gasteiger partial charge in [-0.25, -0.2) is 8.78 Å². The van der Waals surface area contributed by atoms with Crippen LogP contribution in [0.25, 0.3) is 0 Å². The number of amides is 3. The number of rotatable bonds is 5. The summed E-state index contributed by atoms with van der Waals surface area (Å²) in [6.45, 7) is -0.169. The maximum absolute atomic E-state index is 13.5. The van der Waals surface area contributed by atoms with Gasteiger partial charge in [0.05, 0.1) is 11.1 Å². The van der Waals surface area contributed by atoms with Crippen LogP contribution in [-0.2, 0) is 11.3 Å². The van der Waals surface area contributed by atoms with Crippen LogP contribution in [0.2, 0.25) is 0 Å². The fourth-order valence-corrected chi connectivity index (χ4v) is 2.60. The Kier molecular flexibility index (Phi) is 4.56. The van der Waals surface area contributed by atoms with Crippen LogP contribution in [0, 0.1) is 11.6 Å². The van der Waals surface area contributed by atoms with E-state index in [-0.39, 0.29) is 25.1 Å². The highest BCUT2D eigenvalue weighted by molar-refractivity contribution is 6.21. The van der Waals surface area contributed by atoms with Crippen LogP contribution in [0.4, 0.5) is 8.78 Å². The summed E-state index contributed by atoms with van der Waals surface area (Å²) in [7, 11) is 0. The summed E-state index contributed by atoms with van der Waals surface area (Å²) in [5.41, 5.74) is 0.790. The highest BCUT2D eigenvalue weighted by Crippen LogP contribution is 2.22. The summed E-state index contributed by atoms with van der Waals surface area (Å²) in [4.78, 5) is 37.2. The molecule has 0 atom stereocenters. The molecule has 0 saturated heterocycles. The third-order valence-corrected chi connectivity index (χ3v) is 3.93. The number of carbonyl (C=O) groups is 3. The standard InChI is InChI=1S/C18H14F2N2O3/c19-12-6-5-11(15(20)9-12)10-21-16(23)7-8-22-17(24)13-3-1-2-4-14(13)18(22)25/h1-6,9H,7-8,10H2,(H,21,23). The zero-order valence-corrected chi connectivity index (χ0v) is 13.1. The van der Waals surface area contributed by atoms with E-state index >= 15 is 0 Å². The zero-order chi connectivity index (χ0) is 18.0. The lowest BCUT2D eigenvalue weighted by Gasteiger charge is -2.13. The predicted octanol–water partition coefficient (Wildman–Crippen LogP) is 2.27. The lowest BCUT2D eigenvalue weighted by atomic mass is 10.1. The number of nitrogens with one attached hydrogen (secondary N) is 1. The lowest BCUT2D eigenvalue weighted by molar-refractivity contribution is -0.121. The van der Waals surface area contributed by atoms with Crippen LogP contribution in [0.3, 0.4) is 0 Å². The Morgan fingerprint density at radius 2 is 1.64 bits per heavy atom. The molecule has 2 aromatic carbocycles. The summed E-state index contributed by atoms with van der Waals surface area (Å²) in [5.74, 6) is -2.75. The van der Waals surface area contributed by atoms with Crippen molar-refractivity contribution in [2.45, 2.75) is 13.0 Å². The quantitative estimate of drug-likeness (QED) is 0.846. The number of hydrogen-bond donors (Lipinski definition) is 1. The third kappa shape index (κ3) is 3.40. The van der Waals surface area contributed by atoms with Crippen molar-refractivity contribution in [2.24, 2.45) is 0 Å². The first-order valence-corrected chi connectivity index (χ1v) is 7.63. The molecule has 0 fully saturated rings. The summed E-state index contributed by atoms with van der Waals surface area (Å²) >= 11 is 0. The Bertz CT molecular complexity index is 832. The van der Waals surface area contributed by atoms with Crippen molar-refractivity contribution in [3.05, 3.63) is 70.8 Å².